The molecule has 0 unspecified atom stereocenters. The molecule has 1 saturated heterocycles. The molecule has 4 atom stereocenters. The lowest BCUT2D eigenvalue weighted by Crippen LogP contribution is -2.56. The molecular weight excluding hydrogens is 579 g/mol. The van der Waals surface area contributed by atoms with Crippen molar-refractivity contribution in [2.24, 2.45) is 0 Å². The molecule has 1 aromatic rings. The maximum Gasteiger partial charge on any atom is 0.247 e. The standard InChI is InChI=1S/C26H35IN2O7/c1-17(31)6-4-10-24(32)29(16-19-7-5-13-35-19)21-14-18(26(34)28-11-12-30)15-23(25(21)33)36-22-9-3-2-8-20(22)27/h2-3,8-9,15,19,21,23,25,30,33H,4-7,10-14,16H2,1H3,(H,28,34)/t19-,21+,23-,25-/m0/s1. The van der Waals surface area contributed by atoms with Gasteiger partial charge >= 0.3 is 0 Å². The third-order valence-electron chi connectivity index (χ3n) is 6.38. The van der Waals surface area contributed by atoms with Gasteiger partial charge in [-0.05, 0) is 67.0 Å². The van der Waals surface area contributed by atoms with Crippen LogP contribution in [0.3, 0.4) is 0 Å². The molecule has 0 aromatic heterocycles. The van der Waals surface area contributed by atoms with E-state index in [0.717, 1.165) is 16.4 Å². The molecule has 0 radical (unpaired) electrons. The van der Waals surface area contributed by atoms with Crippen LogP contribution in [0.15, 0.2) is 35.9 Å². The van der Waals surface area contributed by atoms with Crippen molar-refractivity contribution < 1.29 is 34.1 Å². The molecule has 2 aliphatic rings. The van der Waals surface area contributed by atoms with E-state index in [1.165, 1.54) is 6.92 Å². The van der Waals surface area contributed by atoms with Crippen molar-refractivity contribution in [2.45, 2.75) is 69.8 Å². The van der Waals surface area contributed by atoms with Gasteiger partial charge in [-0.3, -0.25) is 9.59 Å². The monoisotopic (exact) mass is 614 g/mol. The zero-order chi connectivity index (χ0) is 26.1. The summed E-state index contributed by atoms with van der Waals surface area (Å²) in [5.74, 6) is 0.00904. The fraction of sp³-hybridized carbons (Fsp3) is 0.577. The number of hydrogen-bond acceptors (Lipinski definition) is 7. The van der Waals surface area contributed by atoms with Gasteiger partial charge in [-0.2, -0.15) is 0 Å². The molecule has 1 heterocycles. The largest absolute Gasteiger partial charge is 0.482 e. The van der Waals surface area contributed by atoms with Crippen molar-refractivity contribution in [1.29, 1.82) is 0 Å². The third kappa shape index (κ3) is 7.99. The molecule has 3 rings (SSSR count). The minimum Gasteiger partial charge on any atom is -0.482 e. The topological polar surface area (TPSA) is 125 Å². The number of carbonyl (C=O) groups is 3. The van der Waals surface area contributed by atoms with Gasteiger partial charge in [0.25, 0.3) is 0 Å². The maximum atomic E-state index is 13.4. The average molecular weight is 614 g/mol. The zero-order valence-electron chi connectivity index (χ0n) is 20.5. The SMILES string of the molecule is CC(=O)CCCC(=O)N(C[C@@H]1CCCO1)[C@@H]1CC(C(=O)NCCO)=C[C@H](Oc2ccccc2I)[C@H]1O. The first-order chi connectivity index (χ1) is 17.3. The second-order valence-corrected chi connectivity index (χ2v) is 10.3. The number of benzene rings is 1. The molecule has 0 spiro atoms. The van der Waals surface area contributed by atoms with Crippen LogP contribution in [0.1, 0.15) is 45.4 Å². The minimum atomic E-state index is -1.09. The number of aliphatic hydroxyl groups excluding tert-OH is 2. The molecule has 36 heavy (non-hydrogen) atoms. The number of nitrogens with one attached hydrogen (secondary N) is 1. The lowest BCUT2D eigenvalue weighted by atomic mass is 9.87. The number of aliphatic hydroxyl groups is 2. The molecule has 0 saturated carbocycles. The summed E-state index contributed by atoms with van der Waals surface area (Å²) in [6.45, 7) is 2.30. The normalized spacial score (nSPS) is 23.6. The molecule has 3 N–H and O–H groups in total. The summed E-state index contributed by atoms with van der Waals surface area (Å²) in [4.78, 5) is 39.3. The van der Waals surface area contributed by atoms with Crippen LogP contribution in [0.25, 0.3) is 0 Å². The lowest BCUT2D eigenvalue weighted by Gasteiger charge is -2.41. The number of hydrogen-bond donors (Lipinski definition) is 3. The first-order valence-corrected chi connectivity index (χ1v) is 13.5. The summed E-state index contributed by atoms with van der Waals surface area (Å²) in [5.41, 5.74) is 0.378. The molecule has 1 aliphatic carbocycles. The van der Waals surface area contributed by atoms with Crippen LogP contribution in [0.5, 0.6) is 5.75 Å². The number of carbonyl (C=O) groups excluding carboxylic acids is 3. The average Bonchev–Trinajstić information content (AvgIpc) is 3.37. The van der Waals surface area contributed by atoms with Gasteiger partial charge in [0.15, 0.2) is 0 Å². The van der Waals surface area contributed by atoms with E-state index in [-0.39, 0.29) is 49.7 Å². The van der Waals surface area contributed by atoms with Crippen molar-refractivity contribution in [1.82, 2.24) is 10.2 Å². The van der Waals surface area contributed by atoms with Crippen LogP contribution >= 0.6 is 22.6 Å². The Kier molecular flexibility index (Phi) is 11.1. The highest BCUT2D eigenvalue weighted by molar-refractivity contribution is 14.1. The van der Waals surface area contributed by atoms with E-state index in [1.54, 1.807) is 17.0 Å². The highest BCUT2D eigenvalue weighted by Gasteiger charge is 2.41. The number of nitrogens with zero attached hydrogens (tertiary/aromatic N) is 1. The smallest absolute Gasteiger partial charge is 0.247 e. The van der Waals surface area contributed by atoms with Crippen LogP contribution in [0.4, 0.5) is 0 Å². The number of ether oxygens (including phenoxy) is 2. The van der Waals surface area contributed by atoms with Crippen molar-refractivity contribution in [3.8, 4) is 5.75 Å². The summed E-state index contributed by atoms with van der Waals surface area (Å²) < 4.78 is 12.8. The lowest BCUT2D eigenvalue weighted by molar-refractivity contribution is -0.141. The molecule has 10 heteroatoms. The van der Waals surface area contributed by atoms with Gasteiger partial charge in [-0.15, -0.1) is 0 Å². The summed E-state index contributed by atoms with van der Waals surface area (Å²) in [6.07, 6.45) is 2.21. The van der Waals surface area contributed by atoms with E-state index in [4.69, 9.17) is 14.6 Å². The highest BCUT2D eigenvalue weighted by atomic mass is 127. The Hall–Kier alpha value is -2.02. The molecular formula is C26H35IN2O7. The maximum absolute atomic E-state index is 13.4. The van der Waals surface area contributed by atoms with Crippen LogP contribution in [0, 0.1) is 3.57 Å². The number of Topliss-reactive ketones (excluding diaryl/α,β-unsaturated/α-hetero) is 1. The van der Waals surface area contributed by atoms with Gasteiger partial charge in [0.2, 0.25) is 11.8 Å². The zero-order valence-corrected chi connectivity index (χ0v) is 22.7. The highest BCUT2D eigenvalue weighted by Crippen LogP contribution is 2.31. The van der Waals surface area contributed by atoms with Gasteiger partial charge in [-0.25, -0.2) is 0 Å². The summed E-state index contributed by atoms with van der Waals surface area (Å²) in [7, 11) is 0. The van der Waals surface area contributed by atoms with Crippen LogP contribution in [-0.4, -0.2) is 83.4 Å². The molecule has 1 aromatic carbocycles. The van der Waals surface area contributed by atoms with E-state index in [2.05, 4.69) is 27.9 Å². The van der Waals surface area contributed by atoms with E-state index < -0.39 is 18.2 Å². The fourth-order valence-electron chi connectivity index (χ4n) is 4.53. The molecule has 9 nitrogen and oxygen atoms in total. The second-order valence-electron chi connectivity index (χ2n) is 9.18. The molecule has 1 fully saturated rings. The Balaban J connectivity index is 1.89. The molecule has 1 aliphatic heterocycles. The van der Waals surface area contributed by atoms with Crippen LogP contribution < -0.4 is 10.1 Å². The van der Waals surface area contributed by atoms with Crippen LogP contribution in [0.2, 0.25) is 0 Å². The fourth-order valence-corrected chi connectivity index (χ4v) is 5.04. The van der Waals surface area contributed by atoms with Gasteiger partial charge in [0.1, 0.15) is 23.7 Å². The van der Waals surface area contributed by atoms with E-state index in [9.17, 15) is 19.5 Å². The molecule has 0 bridgehead atoms. The Labute approximate surface area is 225 Å². The Morgan fingerprint density at radius 1 is 1.25 bits per heavy atom. The Morgan fingerprint density at radius 3 is 2.69 bits per heavy atom. The predicted molar refractivity (Wildman–Crippen MR) is 141 cm³/mol. The van der Waals surface area contributed by atoms with Crippen molar-refractivity contribution in [3.63, 3.8) is 0 Å². The Morgan fingerprint density at radius 2 is 2.03 bits per heavy atom. The Bertz CT molecular complexity index is 948. The van der Waals surface area contributed by atoms with Gasteiger partial charge in [0.05, 0.1) is 22.3 Å². The third-order valence-corrected chi connectivity index (χ3v) is 7.27. The van der Waals surface area contributed by atoms with Crippen molar-refractivity contribution >= 4 is 40.2 Å². The number of rotatable bonds is 12. The van der Waals surface area contributed by atoms with E-state index >= 15 is 0 Å². The van der Waals surface area contributed by atoms with Gasteiger partial charge < -0.3 is 34.7 Å². The summed E-state index contributed by atoms with van der Waals surface area (Å²) in [5, 5.41) is 23.2. The summed E-state index contributed by atoms with van der Waals surface area (Å²) >= 11 is 2.14. The number of amides is 2. The number of ketones is 1. The number of para-hydroxylation sites is 1. The van der Waals surface area contributed by atoms with Gasteiger partial charge in [0, 0.05) is 44.5 Å². The van der Waals surface area contributed by atoms with Crippen LogP contribution in [-0.2, 0) is 19.1 Å². The van der Waals surface area contributed by atoms with E-state index in [0.29, 0.717) is 37.3 Å². The summed E-state index contributed by atoms with van der Waals surface area (Å²) in [6, 6.07) is 6.65. The quantitative estimate of drug-likeness (QED) is 0.308. The van der Waals surface area contributed by atoms with Gasteiger partial charge in [-0.1, -0.05) is 12.1 Å². The number of halogens is 1. The first kappa shape index (κ1) is 28.5. The second kappa shape index (κ2) is 14.1. The van der Waals surface area contributed by atoms with E-state index in [1.807, 2.05) is 18.2 Å². The van der Waals surface area contributed by atoms with Crippen molar-refractivity contribution in [3.05, 3.63) is 39.5 Å². The predicted octanol–water partition coefficient (Wildman–Crippen LogP) is 1.97. The molecule has 198 valence electrons. The first-order valence-electron chi connectivity index (χ1n) is 12.4. The minimum absolute atomic E-state index is 0.0166. The molecule has 2 amide bonds. The van der Waals surface area contributed by atoms with Crippen molar-refractivity contribution in [2.75, 3.05) is 26.3 Å².